The van der Waals surface area contributed by atoms with Crippen LogP contribution in [-0.2, 0) is 9.53 Å². The lowest BCUT2D eigenvalue weighted by atomic mass is 10.1. The number of ether oxygens (including phenoxy) is 2. The molecule has 0 aliphatic heterocycles. The summed E-state index contributed by atoms with van der Waals surface area (Å²) < 4.78 is 12.8. The molecule has 0 spiro atoms. The summed E-state index contributed by atoms with van der Waals surface area (Å²) >= 11 is 2.24. The number of halogens is 1. The van der Waals surface area contributed by atoms with E-state index in [4.69, 9.17) is 9.47 Å². The normalized spacial score (nSPS) is 11.7. The highest BCUT2D eigenvalue weighted by Gasteiger charge is 2.29. The van der Waals surface area contributed by atoms with E-state index in [1.165, 1.54) is 0 Å². The largest absolute Gasteiger partial charge is 0.486 e. The average molecular weight is 504 g/mol. The van der Waals surface area contributed by atoms with E-state index >= 15 is 0 Å². The van der Waals surface area contributed by atoms with Crippen molar-refractivity contribution in [2.75, 3.05) is 27.2 Å². The van der Waals surface area contributed by atoms with Gasteiger partial charge in [-0.05, 0) is 87.9 Å². The molecular weight excluding hydrogens is 471 g/mol. The van der Waals surface area contributed by atoms with E-state index in [0.29, 0.717) is 25.9 Å². The number of benzene rings is 1. The summed E-state index contributed by atoms with van der Waals surface area (Å²) in [6, 6.07) is 7.78. The van der Waals surface area contributed by atoms with Gasteiger partial charge in [0.1, 0.15) is 17.0 Å². The van der Waals surface area contributed by atoms with E-state index in [1.54, 1.807) is 23.9 Å². The monoisotopic (exact) mass is 504 g/mol. The smallest absolute Gasteiger partial charge is 0.410 e. The molecule has 0 saturated heterocycles. The average Bonchev–Trinajstić information content (AvgIpc) is 2.53. The number of carbonyl (C=O) groups excluding carboxylic acids is 2. The van der Waals surface area contributed by atoms with E-state index < -0.39 is 17.3 Å². The van der Waals surface area contributed by atoms with Crippen molar-refractivity contribution in [1.29, 1.82) is 0 Å². The van der Waals surface area contributed by atoms with Crippen molar-refractivity contribution in [1.82, 2.24) is 9.80 Å². The van der Waals surface area contributed by atoms with Crippen LogP contribution in [0.15, 0.2) is 24.3 Å². The Hall–Kier alpha value is -1.51. The number of hydrogen-bond acceptors (Lipinski definition) is 4. The van der Waals surface area contributed by atoms with Crippen LogP contribution in [0, 0.1) is 3.57 Å². The molecule has 0 radical (unpaired) electrons. The highest BCUT2D eigenvalue weighted by Crippen LogP contribution is 2.22. The Balaban J connectivity index is 2.82. The van der Waals surface area contributed by atoms with E-state index in [1.807, 2.05) is 58.9 Å². The standard InChI is InChI=1S/C21H33IN2O4/c1-20(2,3)28-19(26)24(14-8-9-18(25)23(6)7)15-21(4,5)27-17-12-10-16(22)11-13-17/h10-13H,8-9,14-15H2,1-7H3. The van der Waals surface area contributed by atoms with Crippen LogP contribution >= 0.6 is 22.6 Å². The zero-order valence-corrected chi connectivity index (χ0v) is 20.2. The van der Waals surface area contributed by atoms with Crippen LogP contribution in [0.2, 0.25) is 0 Å². The van der Waals surface area contributed by atoms with Gasteiger partial charge in [-0.15, -0.1) is 0 Å². The van der Waals surface area contributed by atoms with Crippen LogP contribution in [0.25, 0.3) is 0 Å². The molecule has 0 heterocycles. The molecule has 0 atom stereocenters. The summed E-state index contributed by atoms with van der Waals surface area (Å²) in [5.41, 5.74) is -1.20. The number of hydrogen-bond donors (Lipinski definition) is 0. The van der Waals surface area contributed by atoms with Crippen molar-refractivity contribution < 1.29 is 19.1 Å². The quantitative estimate of drug-likeness (QED) is 0.488. The number of nitrogens with zero attached hydrogens (tertiary/aromatic N) is 2. The van der Waals surface area contributed by atoms with Gasteiger partial charge in [-0.2, -0.15) is 0 Å². The molecule has 2 amide bonds. The zero-order valence-electron chi connectivity index (χ0n) is 18.0. The van der Waals surface area contributed by atoms with E-state index in [-0.39, 0.29) is 5.91 Å². The summed E-state index contributed by atoms with van der Waals surface area (Å²) in [5.74, 6) is 0.788. The zero-order chi connectivity index (χ0) is 21.5. The first kappa shape index (κ1) is 24.5. The van der Waals surface area contributed by atoms with Gasteiger partial charge in [0.2, 0.25) is 5.91 Å². The van der Waals surface area contributed by atoms with Crippen LogP contribution in [0.4, 0.5) is 4.79 Å². The van der Waals surface area contributed by atoms with Crippen molar-refractivity contribution in [2.24, 2.45) is 0 Å². The van der Waals surface area contributed by atoms with E-state index in [2.05, 4.69) is 22.6 Å². The predicted octanol–water partition coefficient (Wildman–Crippen LogP) is 4.55. The molecule has 0 saturated carbocycles. The molecule has 1 aromatic rings. The van der Waals surface area contributed by atoms with Gasteiger partial charge in [0.25, 0.3) is 0 Å². The molecule has 0 unspecified atom stereocenters. The van der Waals surface area contributed by atoms with Crippen LogP contribution in [-0.4, -0.2) is 60.2 Å². The maximum Gasteiger partial charge on any atom is 0.410 e. The van der Waals surface area contributed by atoms with Crippen LogP contribution in [0.3, 0.4) is 0 Å². The van der Waals surface area contributed by atoms with Crippen molar-refractivity contribution >= 4 is 34.6 Å². The Labute approximate surface area is 182 Å². The maximum absolute atomic E-state index is 12.7. The van der Waals surface area contributed by atoms with Gasteiger partial charge in [0.05, 0.1) is 6.54 Å². The number of rotatable bonds is 8. The molecule has 158 valence electrons. The third kappa shape index (κ3) is 9.61. The minimum Gasteiger partial charge on any atom is -0.486 e. The van der Waals surface area contributed by atoms with Gasteiger partial charge in [0, 0.05) is 30.6 Å². The SMILES string of the molecule is CN(C)C(=O)CCCN(CC(C)(C)Oc1ccc(I)cc1)C(=O)OC(C)(C)C. The molecule has 0 fully saturated rings. The second kappa shape index (κ2) is 10.3. The first-order valence-corrected chi connectivity index (χ1v) is 10.5. The number of carbonyl (C=O) groups is 2. The fraction of sp³-hybridized carbons (Fsp3) is 0.619. The summed E-state index contributed by atoms with van der Waals surface area (Å²) in [5, 5.41) is 0. The summed E-state index contributed by atoms with van der Waals surface area (Å²) in [4.78, 5) is 27.7. The van der Waals surface area contributed by atoms with Gasteiger partial charge in [-0.25, -0.2) is 4.79 Å². The lowest BCUT2D eigenvalue weighted by molar-refractivity contribution is -0.128. The van der Waals surface area contributed by atoms with Crippen molar-refractivity contribution in [3.05, 3.63) is 27.8 Å². The molecule has 0 N–H and O–H groups in total. The van der Waals surface area contributed by atoms with Crippen LogP contribution in [0.5, 0.6) is 5.75 Å². The van der Waals surface area contributed by atoms with Crippen molar-refractivity contribution in [3.8, 4) is 5.75 Å². The first-order valence-electron chi connectivity index (χ1n) is 9.42. The minimum atomic E-state index is -0.616. The summed E-state index contributed by atoms with van der Waals surface area (Å²) in [6.45, 7) is 10.2. The summed E-state index contributed by atoms with van der Waals surface area (Å²) in [6.07, 6.45) is 0.546. The maximum atomic E-state index is 12.7. The third-order valence-corrected chi connectivity index (χ3v) is 4.47. The number of amides is 2. The first-order chi connectivity index (χ1) is 12.8. The molecule has 6 nitrogen and oxygen atoms in total. The molecule has 0 aliphatic rings. The van der Waals surface area contributed by atoms with Gasteiger partial charge in [-0.3, -0.25) is 4.79 Å². The lowest BCUT2D eigenvalue weighted by Crippen LogP contribution is -2.47. The molecule has 7 heteroatoms. The highest BCUT2D eigenvalue weighted by molar-refractivity contribution is 14.1. The molecule has 1 aromatic carbocycles. The molecule has 28 heavy (non-hydrogen) atoms. The molecule has 0 aliphatic carbocycles. The van der Waals surface area contributed by atoms with E-state index in [9.17, 15) is 9.59 Å². The van der Waals surface area contributed by atoms with Gasteiger partial charge >= 0.3 is 6.09 Å². The minimum absolute atomic E-state index is 0.0403. The van der Waals surface area contributed by atoms with Crippen molar-refractivity contribution in [3.63, 3.8) is 0 Å². The Morgan fingerprint density at radius 3 is 2.11 bits per heavy atom. The van der Waals surface area contributed by atoms with Gasteiger partial charge < -0.3 is 19.3 Å². The van der Waals surface area contributed by atoms with Gasteiger partial charge in [0.15, 0.2) is 0 Å². The second-order valence-corrected chi connectivity index (χ2v) is 9.85. The Morgan fingerprint density at radius 1 is 1.04 bits per heavy atom. The van der Waals surface area contributed by atoms with Gasteiger partial charge in [-0.1, -0.05) is 0 Å². The van der Waals surface area contributed by atoms with Crippen LogP contribution < -0.4 is 4.74 Å². The molecule has 0 bridgehead atoms. The molecule has 0 aromatic heterocycles. The predicted molar refractivity (Wildman–Crippen MR) is 120 cm³/mol. The Bertz CT molecular complexity index is 651. The highest BCUT2D eigenvalue weighted by atomic mass is 127. The molecular formula is C21H33IN2O4. The third-order valence-electron chi connectivity index (χ3n) is 3.75. The Morgan fingerprint density at radius 2 is 1.61 bits per heavy atom. The molecule has 1 rings (SSSR count). The second-order valence-electron chi connectivity index (χ2n) is 8.61. The van der Waals surface area contributed by atoms with Crippen molar-refractivity contribution in [2.45, 2.75) is 58.7 Å². The van der Waals surface area contributed by atoms with Crippen LogP contribution in [0.1, 0.15) is 47.5 Å². The lowest BCUT2D eigenvalue weighted by Gasteiger charge is -2.34. The Kier molecular flexibility index (Phi) is 9.04. The fourth-order valence-electron chi connectivity index (χ4n) is 2.52. The topological polar surface area (TPSA) is 59.1 Å². The van der Waals surface area contributed by atoms with E-state index in [0.717, 1.165) is 9.32 Å². The summed E-state index contributed by atoms with van der Waals surface area (Å²) in [7, 11) is 3.46. The fourth-order valence-corrected chi connectivity index (χ4v) is 2.88.